The molecule has 0 amide bonds. The number of hydrogen-bond donors (Lipinski definition) is 1. The quantitative estimate of drug-likeness (QED) is 0.842. The maximum atomic E-state index is 13.5. The molecule has 0 unspecified atom stereocenters. The molecule has 8 heteroatoms. The fourth-order valence-corrected chi connectivity index (χ4v) is 1.43. The van der Waals surface area contributed by atoms with Gasteiger partial charge in [-0.25, -0.2) is 17.9 Å². The Hall–Kier alpha value is -2.38. The van der Waals surface area contributed by atoms with Gasteiger partial charge in [-0.3, -0.25) is 4.79 Å². The van der Waals surface area contributed by atoms with Crippen LogP contribution < -0.4 is 0 Å². The van der Waals surface area contributed by atoms with Crippen molar-refractivity contribution < 1.29 is 23.1 Å². The standard InChI is InChI=1S/C10H6F3N3O2/c11-5-1-7(12)10(13)8(2-5)16-6(3-9(17)18)4-14-15-16/h1-2,4H,3H2,(H,17,18). The molecule has 0 spiro atoms. The summed E-state index contributed by atoms with van der Waals surface area (Å²) in [6, 6.07) is 1.09. The van der Waals surface area contributed by atoms with Gasteiger partial charge in [-0.15, -0.1) is 5.10 Å². The van der Waals surface area contributed by atoms with Gasteiger partial charge < -0.3 is 5.11 Å². The Labute approximate surface area is 98.5 Å². The van der Waals surface area contributed by atoms with Crippen molar-refractivity contribution in [3.05, 3.63) is 41.5 Å². The third-order valence-corrected chi connectivity index (χ3v) is 2.15. The molecule has 0 fully saturated rings. The highest BCUT2D eigenvalue weighted by Gasteiger charge is 2.17. The summed E-state index contributed by atoms with van der Waals surface area (Å²) in [5.41, 5.74) is -0.521. The molecule has 94 valence electrons. The molecule has 0 saturated carbocycles. The fourth-order valence-electron chi connectivity index (χ4n) is 1.43. The van der Waals surface area contributed by atoms with Gasteiger partial charge in [0.1, 0.15) is 11.5 Å². The third kappa shape index (κ3) is 2.17. The zero-order chi connectivity index (χ0) is 13.3. The van der Waals surface area contributed by atoms with Gasteiger partial charge in [0.15, 0.2) is 11.6 Å². The summed E-state index contributed by atoms with van der Waals surface area (Å²) in [7, 11) is 0. The molecule has 2 aromatic rings. The van der Waals surface area contributed by atoms with Crippen LogP contribution in [0.15, 0.2) is 18.3 Å². The average Bonchev–Trinajstić information content (AvgIpc) is 2.70. The maximum Gasteiger partial charge on any atom is 0.309 e. The molecule has 1 heterocycles. The number of carbonyl (C=O) groups is 1. The van der Waals surface area contributed by atoms with Crippen LogP contribution in [-0.2, 0) is 11.2 Å². The minimum Gasteiger partial charge on any atom is -0.481 e. The molecule has 0 bridgehead atoms. The normalized spacial score (nSPS) is 10.6. The molecule has 1 aromatic heterocycles. The highest BCUT2D eigenvalue weighted by Crippen LogP contribution is 2.19. The molecule has 18 heavy (non-hydrogen) atoms. The first kappa shape index (κ1) is 12.1. The molecule has 2 rings (SSSR count). The first-order chi connectivity index (χ1) is 8.49. The number of carboxylic acids is 1. The van der Waals surface area contributed by atoms with Gasteiger partial charge in [0.2, 0.25) is 0 Å². The lowest BCUT2D eigenvalue weighted by Gasteiger charge is -2.06. The molecular formula is C10H6F3N3O2. The van der Waals surface area contributed by atoms with Gasteiger partial charge in [0.25, 0.3) is 0 Å². The Bertz CT molecular complexity index is 612. The van der Waals surface area contributed by atoms with E-state index in [4.69, 9.17) is 5.11 Å². The lowest BCUT2D eigenvalue weighted by Crippen LogP contribution is -2.10. The van der Waals surface area contributed by atoms with E-state index in [1.807, 2.05) is 0 Å². The minimum absolute atomic E-state index is 0.00593. The molecule has 0 aliphatic rings. The van der Waals surface area contributed by atoms with E-state index in [1.165, 1.54) is 0 Å². The second kappa shape index (κ2) is 4.47. The Kier molecular flexibility index (Phi) is 3.00. The predicted molar refractivity (Wildman–Crippen MR) is 52.6 cm³/mol. The van der Waals surface area contributed by atoms with E-state index in [1.54, 1.807) is 0 Å². The van der Waals surface area contributed by atoms with E-state index in [9.17, 15) is 18.0 Å². The molecule has 0 atom stereocenters. The van der Waals surface area contributed by atoms with Gasteiger partial charge in [0, 0.05) is 12.1 Å². The summed E-state index contributed by atoms with van der Waals surface area (Å²) in [6.45, 7) is 0. The van der Waals surface area contributed by atoms with Crippen LogP contribution in [-0.4, -0.2) is 26.1 Å². The molecule has 1 N–H and O–H groups in total. The molecule has 0 aliphatic heterocycles. The van der Waals surface area contributed by atoms with Crippen LogP contribution in [0.5, 0.6) is 0 Å². The Balaban J connectivity index is 2.55. The summed E-state index contributed by atoms with van der Waals surface area (Å²) < 4.78 is 40.3. The highest BCUT2D eigenvalue weighted by atomic mass is 19.2. The van der Waals surface area contributed by atoms with Crippen molar-refractivity contribution in [3.8, 4) is 5.69 Å². The Morgan fingerprint density at radius 2 is 2.06 bits per heavy atom. The van der Waals surface area contributed by atoms with Gasteiger partial charge in [0.05, 0.1) is 18.3 Å². The average molecular weight is 257 g/mol. The smallest absolute Gasteiger partial charge is 0.309 e. The minimum atomic E-state index is -1.39. The van der Waals surface area contributed by atoms with E-state index in [0.717, 1.165) is 10.9 Å². The van der Waals surface area contributed by atoms with Crippen molar-refractivity contribution in [3.63, 3.8) is 0 Å². The summed E-state index contributed by atoms with van der Waals surface area (Å²) in [5.74, 6) is -4.91. The van der Waals surface area contributed by atoms with Crippen LogP contribution >= 0.6 is 0 Å². The van der Waals surface area contributed by atoms with Crippen LogP contribution in [0.4, 0.5) is 13.2 Å². The lowest BCUT2D eigenvalue weighted by molar-refractivity contribution is -0.136. The van der Waals surface area contributed by atoms with Crippen LogP contribution in [0.3, 0.4) is 0 Å². The monoisotopic (exact) mass is 257 g/mol. The SMILES string of the molecule is O=C(O)Cc1cnnn1-c1cc(F)cc(F)c1F. The Morgan fingerprint density at radius 3 is 2.72 bits per heavy atom. The summed E-state index contributed by atoms with van der Waals surface area (Å²) in [4.78, 5) is 10.6. The van der Waals surface area contributed by atoms with Gasteiger partial charge >= 0.3 is 5.97 Å². The maximum absolute atomic E-state index is 13.5. The van der Waals surface area contributed by atoms with E-state index in [0.29, 0.717) is 12.1 Å². The number of aliphatic carboxylic acids is 1. The number of aromatic nitrogens is 3. The number of benzene rings is 1. The van der Waals surface area contributed by atoms with Crippen LogP contribution in [0, 0.1) is 17.5 Å². The summed E-state index contributed by atoms with van der Waals surface area (Å²) in [6.07, 6.45) is 0.584. The van der Waals surface area contributed by atoms with E-state index in [2.05, 4.69) is 10.3 Å². The number of halogens is 3. The summed E-state index contributed by atoms with van der Waals surface area (Å²) in [5, 5.41) is 15.4. The molecule has 1 aromatic carbocycles. The van der Waals surface area contributed by atoms with Crippen molar-refractivity contribution in [1.82, 2.24) is 15.0 Å². The number of hydrogen-bond acceptors (Lipinski definition) is 3. The Morgan fingerprint density at radius 1 is 1.33 bits per heavy atom. The molecule has 0 aliphatic carbocycles. The van der Waals surface area contributed by atoms with Gasteiger partial charge in [-0.05, 0) is 0 Å². The number of nitrogens with zero attached hydrogens (tertiary/aromatic N) is 3. The van der Waals surface area contributed by atoms with E-state index in [-0.39, 0.29) is 5.69 Å². The van der Waals surface area contributed by atoms with Gasteiger partial charge in [-0.2, -0.15) is 0 Å². The van der Waals surface area contributed by atoms with Crippen LogP contribution in [0.2, 0.25) is 0 Å². The fraction of sp³-hybridized carbons (Fsp3) is 0.100. The van der Waals surface area contributed by atoms with Crippen LogP contribution in [0.25, 0.3) is 5.69 Å². The molecular weight excluding hydrogens is 251 g/mol. The van der Waals surface area contributed by atoms with Crippen molar-refractivity contribution in [2.45, 2.75) is 6.42 Å². The second-order valence-corrected chi connectivity index (χ2v) is 3.43. The number of rotatable bonds is 3. The summed E-state index contributed by atoms with van der Waals surface area (Å²) >= 11 is 0. The van der Waals surface area contributed by atoms with Crippen molar-refractivity contribution in [1.29, 1.82) is 0 Å². The van der Waals surface area contributed by atoms with Crippen molar-refractivity contribution in [2.24, 2.45) is 0 Å². The number of carboxylic acid groups (broad SMARTS) is 1. The van der Waals surface area contributed by atoms with Crippen LogP contribution in [0.1, 0.15) is 5.69 Å². The predicted octanol–water partition coefficient (Wildman–Crippen LogP) is 1.31. The van der Waals surface area contributed by atoms with E-state index < -0.39 is 35.5 Å². The zero-order valence-corrected chi connectivity index (χ0v) is 8.77. The van der Waals surface area contributed by atoms with Crippen molar-refractivity contribution >= 4 is 5.97 Å². The first-order valence-electron chi connectivity index (χ1n) is 4.75. The molecule has 0 saturated heterocycles. The third-order valence-electron chi connectivity index (χ3n) is 2.15. The van der Waals surface area contributed by atoms with Crippen molar-refractivity contribution in [2.75, 3.05) is 0 Å². The topological polar surface area (TPSA) is 68.0 Å². The first-order valence-corrected chi connectivity index (χ1v) is 4.75. The molecule has 5 nitrogen and oxygen atoms in total. The van der Waals surface area contributed by atoms with Gasteiger partial charge in [-0.1, -0.05) is 5.21 Å². The molecule has 0 radical (unpaired) electrons. The zero-order valence-electron chi connectivity index (χ0n) is 8.77. The highest BCUT2D eigenvalue weighted by molar-refractivity contribution is 5.69. The largest absolute Gasteiger partial charge is 0.481 e. The lowest BCUT2D eigenvalue weighted by atomic mass is 10.2. The van der Waals surface area contributed by atoms with E-state index >= 15 is 0 Å². The second-order valence-electron chi connectivity index (χ2n) is 3.43.